The molecule has 0 saturated heterocycles. The SMILES string of the molecule is CCCc1nc(Cl)cc(-c2cncc(C)c2)n1. The molecule has 0 atom stereocenters. The van der Waals surface area contributed by atoms with Crippen LogP contribution in [0.15, 0.2) is 24.5 Å². The molecule has 88 valence electrons. The third kappa shape index (κ3) is 3.01. The van der Waals surface area contributed by atoms with Crippen LogP contribution >= 0.6 is 11.6 Å². The van der Waals surface area contributed by atoms with E-state index < -0.39 is 0 Å². The van der Waals surface area contributed by atoms with Gasteiger partial charge in [0.15, 0.2) is 0 Å². The van der Waals surface area contributed by atoms with E-state index >= 15 is 0 Å². The number of pyridine rings is 1. The van der Waals surface area contributed by atoms with Crippen LogP contribution in [0.3, 0.4) is 0 Å². The minimum absolute atomic E-state index is 0.486. The summed E-state index contributed by atoms with van der Waals surface area (Å²) in [6.07, 6.45) is 5.46. The van der Waals surface area contributed by atoms with Crippen molar-refractivity contribution in [2.75, 3.05) is 0 Å². The first-order valence-electron chi connectivity index (χ1n) is 5.64. The topological polar surface area (TPSA) is 38.7 Å². The summed E-state index contributed by atoms with van der Waals surface area (Å²) in [5.41, 5.74) is 2.92. The largest absolute Gasteiger partial charge is 0.264 e. The quantitative estimate of drug-likeness (QED) is 0.780. The monoisotopic (exact) mass is 247 g/mol. The number of hydrogen-bond acceptors (Lipinski definition) is 3. The molecular weight excluding hydrogens is 234 g/mol. The lowest BCUT2D eigenvalue weighted by atomic mass is 10.1. The minimum atomic E-state index is 0.486. The van der Waals surface area contributed by atoms with Gasteiger partial charge in [-0.2, -0.15) is 0 Å². The van der Waals surface area contributed by atoms with Crippen LogP contribution in [0.4, 0.5) is 0 Å². The average Bonchev–Trinajstić information content (AvgIpc) is 2.28. The molecule has 2 heterocycles. The number of halogens is 1. The molecule has 0 spiro atoms. The fraction of sp³-hybridized carbons (Fsp3) is 0.308. The van der Waals surface area contributed by atoms with E-state index in [1.807, 2.05) is 19.2 Å². The molecule has 0 aliphatic heterocycles. The molecule has 0 radical (unpaired) electrons. The van der Waals surface area contributed by atoms with E-state index in [4.69, 9.17) is 11.6 Å². The highest BCUT2D eigenvalue weighted by molar-refractivity contribution is 6.29. The predicted octanol–water partition coefficient (Wildman–Crippen LogP) is 3.45. The molecule has 0 fully saturated rings. The average molecular weight is 248 g/mol. The second-order valence-electron chi connectivity index (χ2n) is 3.99. The molecule has 0 saturated carbocycles. The zero-order valence-electron chi connectivity index (χ0n) is 9.94. The van der Waals surface area contributed by atoms with Crippen LogP contribution in [-0.4, -0.2) is 15.0 Å². The van der Waals surface area contributed by atoms with Crippen LogP contribution in [0.2, 0.25) is 5.15 Å². The standard InChI is InChI=1S/C13H14ClN3/c1-3-4-13-16-11(6-12(14)17-13)10-5-9(2)7-15-8-10/h5-8H,3-4H2,1-2H3. The Hall–Kier alpha value is -1.48. The maximum Gasteiger partial charge on any atom is 0.133 e. The minimum Gasteiger partial charge on any atom is -0.264 e. The number of nitrogens with zero attached hydrogens (tertiary/aromatic N) is 3. The Balaban J connectivity index is 2.44. The molecule has 0 aliphatic carbocycles. The van der Waals surface area contributed by atoms with Crippen molar-refractivity contribution in [3.8, 4) is 11.3 Å². The molecule has 17 heavy (non-hydrogen) atoms. The van der Waals surface area contributed by atoms with Gasteiger partial charge in [0, 0.05) is 30.4 Å². The Labute approximate surface area is 106 Å². The molecule has 4 heteroatoms. The molecule has 0 aliphatic rings. The first kappa shape index (κ1) is 12.0. The summed E-state index contributed by atoms with van der Waals surface area (Å²) in [6, 6.07) is 3.82. The molecule has 2 aromatic heterocycles. The van der Waals surface area contributed by atoms with Crippen LogP contribution < -0.4 is 0 Å². The zero-order chi connectivity index (χ0) is 12.3. The van der Waals surface area contributed by atoms with E-state index in [2.05, 4.69) is 21.9 Å². The van der Waals surface area contributed by atoms with Crippen LogP contribution in [0, 0.1) is 6.92 Å². The van der Waals surface area contributed by atoms with E-state index in [-0.39, 0.29) is 0 Å². The highest BCUT2D eigenvalue weighted by Crippen LogP contribution is 2.20. The lowest BCUT2D eigenvalue weighted by molar-refractivity contribution is 0.836. The first-order chi connectivity index (χ1) is 8.19. The Morgan fingerprint density at radius 2 is 2.00 bits per heavy atom. The van der Waals surface area contributed by atoms with Gasteiger partial charge in [-0.05, 0) is 25.0 Å². The van der Waals surface area contributed by atoms with Crippen molar-refractivity contribution in [3.63, 3.8) is 0 Å². The Morgan fingerprint density at radius 3 is 2.71 bits per heavy atom. The summed E-state index contributed by atoms with van der Waals surface area (Å²) in [7, 11) is 0. The van der Waals surface area contributed by atoms with Crippen molar-refractivity contribution in [2.45, 2.75) is 26.7 Å². The summed E-state index contributed by atoms with van der Waals surface area (Å²) in [5, 5.41) is 0.486. The molecular formula is C13H14ClN3. The summed E-state index contributed by atoms with van der Waals surface area (Å²) in [4.78, 5) is 12.9. The third-order valence-corrected chi connectivity index (χ3v) is 2.58. The second kappa shape index (κ2) is 5.23. The van der Waals surface area contributed by atoms with Crippen molar-refractivity contribution >= 4 is 11.6 Å². The summed E-state index contributed by atoms with van der Waals surface area (Å²) in [5.74, 6) is 0.788. The number of hydrogen-bond donors (Lipinski definition) is 0. The lowest BCUT2D eigenvalue weighted by Gasteiger charge is -2.05. The van der Waals surface area contributed by atoms with Gasteiger partial charge in [0.05, 0.1) is 5.69 Å². The smallest absolute Gasteiger partial charge is 0.133 e. The first-order valence-corrected chi connectivity index (χ1v) is 6.02. The maximum atomic E-state index is 6.00. The third-order valence-electron chi connectivity index (χ3n) is 2.39. The van der Waals surface area contributed by atoms with Gasteiger partial charge in [0.25, 0.3) is 0 Å². The summed E-state index contributed by atoms with van der Waals surface area (Å²) < 4.78 is 0. The van der Waals surface area contributed by atoms with Gasteiger partial charge in [0.2, 0.25) is 0 Å². The maximum absolute atomic E-state index is 6.00. The number of rotatable bonds is 3. The molecule has 0 amide bonds. The summed E-state index contributed by atoms with van der Waals surface area (Å²) >= 11 is 6.00. The van der Waals surface area contributed by atoms with E-state index in [0.29, 0.717) is 5.15 Å². The number of aryl methyl sites for hydroxylation is 2. The molecule has 0 unspecified atom stereocenters. The highest BCUT2D eigenvalue weighted by atomic mass is 35.5. The van der Waals surface area contributed by atoms with Gasteiger partial charge in [-0.1, -0.05) is 18.5 Å². The van der Waals surface area contributed by atoms with Gasteiger partial charge < -0.3 is 0 Å². The lowest BCUT2D eigenvalue weighted by Crippen LogP contribution is -1.97. The van der Waals surface area contributed by atoms with Crippen molar-refractivity contribution in [1.29, 1.82) is 0 Å². The predicted molar refractivity (Wildman–Crippen MR) is 69.0 cm³/mol. The van der Waals surface area contributed by atoms with E-state index in [0.717, 1.165) is 35.5 Å². The Kier molecular flexibility index (Phi) is 3.69. The van der Waals surface area contributed by atoms with E-state index in [1.165, 1.54) is 0 Å². The molecule has 2 aromatic rings. The zero-order valence-corrected chi connectivity index (χ0v) is 10.7. The van der Waals surface area contributed by atoms with Gasteiger partial charge in [0.1, 0.15) is 11.0 Å². The van der Waals surface area contributed by atoms with E-state index in [1.54, 1.807) is 12.3 Å². The van der Waals surface area contributed by atoms with Crippen LogP contribution in [0.25, 0.3) is 11.3 Å². The van der Waals surface area contributed by atoms with Gasteiger partial charge in [-0.15, -0.1) is 0 Å². The van der Waals surface area contributed by atoms with Gasteiger partial charge in [-0.3, -0.25) is 4.98 Å². The normalized spacial score (nSPS) is 10.5. The van der Waals surface area contributed by atoms with Gasteiger partial charge >= 0.3 is 0 Å². The van der Waals surface area contributed by atoms with Crippen LogP contribution in [0.1, 0.15) is 24.7 Å². The molecule has 2 rings (SSSR count). The summed E-state index contributed by atoms with van der Waals surface area (Å²) in [6.45, 7) is 4.10. The van der Waals surface area contributed by atoms with E-state index in [9.17, 15) is 0 Å². The van der Waals surface area contributed by atoms with Gasteiger partial charge in [-0.25, -0.2) is 9.97 Å². The van der Waals surface area contributed by atoms with Crippen LogP contribution in [0.5, 0.6) is 0 Å². The fourth-order valence-corrected chi connectivity index (χ4v) is 1.84. The molecule has 3 nitrogen and oxygen atoms in total. The van der Waals surface area contributed by atoms with Crippen molar-refractivity contribution in [3.05, 3.63) is 41.1 Å². The second-order valence-corrected chi connectivity index (χ2v) is 4.38. The molecule has 0 N–H and O–H groups in total. The highest BCUT2D eigenvalue weighted by Gasteiger charge is 2.05. The van der Waals surface area contributed by atoms with Crippen LogP contribution in [-0.2, 0) is 6.42 Å². The van der Waals surface area contributed by atoms with Crippen molar-refractivity contribution in [1.82, 2.24) is 15.0 Å². The molecule has 0 bridgehead atoms. The fourth-order valence-electron chi connectivity index (χ4n) is 1.64. The van der Waals surface area contributed by atoms with Crippen molar-refractivity contribution < 1.29 is 0 Å². The van der Waals surface area contributed by atoms with Crippen molar-refractivity contribution in [2.24, 2.45) is 0 Å². The Morgan fingerprint density at radius 1 is 1.18 bits per heavy atom. The number of aromatic nitrogens is 3. The Bertz CT molecular complexity index is 526. The molecule has 0 aromatic carbocycles.